The van der Waals surface area contributed by atoms with Crippen molar-refractivity contribution in [3.8, 4) is 5.75 Å². The number of amides is 1. The number of nitrogens with zero attached hydrogens (tertiary/aromatic N) is 2. The molecule has 1 heterocycles. The fourth-order valence-electron chi connectivity index (χ4n) is 2.79. The third-order valence-electron chi connectivity index (χ3n) is 3.94. The van der Waals surface area contributed by atoms with Crippen LogP contribution in [0.1, 0.15) is 0 Å². The Labute approximate surface area is 130 Å². The first-order valence-electron chi connectivity index (χ1n) is 7.41. The standard InChI is InChI=1S/C16H23FN2O3/c1-18(2)7-12-8-19(9-13(12)10-20)16(21)11-22-15-5-3-14(17)4-6-15/h3-6,12-13,20H,7-11H2,1-2H3. The summed E-state index contributed by atoms with van der Waals surface area (Å²) in [7, 11) is 3.97. The highest BCUT2D eigenvalue weighted by Gasteiger charge is 2.34. The Kier molecular flexibility index (Phi) is 5.74. The lowest BCUT2D eigenvalue weighted by atomic mass is 9.97. The number of aliphatic hydroxyl groups is 1. The first kappa shape index (κ1) is 16.7. The van der Waals surface area contributed by atoms with Crippen molar-refractivity contribution in [2.24, 2.45) is 11.8 Å². The quantitative estimate of drug-likeness (QED) is 0.846. The smallest absolute Gasteiger partial charge is 0.260 e. The van der Waals surface area contributed by atoms with Crippen LogP contribution in [0, 0.1) is 17.7 Å². The second kappa shape index (κ2) is 7.56. The monoisotopic (exact) mass is 310 g/mol. The van der Waals surface area contributed by atoms with Crippen LogP contribution in [0.2, 0.25) is 0 Å². The van der Waals surface area contributed by atoms with E-state index in [1.165, 1.54) is 24.3 Å². The van der Waals surface area contributed by atoms with Gasteiger partial charge in [-0.1, -0.05) is 0 Å². The molecule has 2 rings (SSSR count). The fraction of sp³-hybridized carbons (Fsp3) is 0.562. The number of hydrogen-bond acceptors (Lipinski definition) is 4. The summed E-state index contributed by atoms with van der Waals surface area (Å²) in [6.07, 6.45) is 0. The molecule has 1 amide bonds. The van der Waals surface area contributed by atoms with Gasteiger partial charge in [0.25, 0.3) is 5.91 Å². The molecule has 1 fully saturated rings. The minimum absolute atomic E-state index is 0.0710. The lowest BCUT2D eigenvalue weighted by Gasteiger charge is -2.20. The van der Waals surface area contributed by atoms with Crippen molar-refractivity contribution < 1.29 is 19.0 Å². The van der Waals surface area contributed by atoms with Gasteiger partial charge in [0, 0.05) is 32.2 Å². The molecule has 0 saturated carbocycles. The zero-order chi connectivity index (χ0) is 16.1. The van der Waals surface area contributed by atoms with Gasteiger partial charge in [-0.3, -0.25) is 4.79 Å². The highest BCUT2D eigenvalue weighted by Crippen LogP contribution is 2.24. The summed E-state index contributed by atoms with van der Waals surface area (Å²) in [5.41, 5.74) is 0. The van der Waals surface area contributed by atoms with Crippen LogP contribution in [0.4, 0.5) is 4.39 Å². The minimum Gasteiger partial charge on any atom is -0.484 e. The van der Waals surface area contributed by atoms with E-state index in [9.17, 15) is 14.3 Å². The molecule has 0 spiro atoms. The molecular weight excluding hydrogens is 287 g/mol. The van der Waals surface area contributed by atoms with Crippen LogP contribution in [0.25, 0.3) is 0 Å². The maximum atomic E-state index is 12.8. The summed E-state index contributed by atoms with van der Waals surface area (Å²) < 4.78 is 18.2. The van der Waals surface area contributed by atoms with Gasteiger partial charge in [0.2, 0.25) is 0 Å². The predicted octanol–water partition coefficient (Wildman–Crippen LogP) is 0.833. The molecule has 2 atom stereocenters. The van der Waals surface area contributed by atoms with Gasteiger partial charge in [-0.05, 0) is 44.3 Å². The van der Waals surface area contributed by atoms with Gasteiger partial charge >= 0.3 is 0 Å². The Hall–Kier alpha value is -1.66. The molecule has 5 nitrogen and oxygen atoms in total. The fourth-order valence-corrected chi connectivity index (χ4v) is 2.79. The number of aliphatic hydroxyl groups excluding tert-OH is 1. The van der Waals surface area contributed by atoms with Crippen LogP contribution >= 0.6 is 0 Å². The Morgan fingerprint density at radius 3 is 2.55 bits per heavy atom. The van der Waals surface area contributed by atoms with Gasteiger partial charge in [0.1, 0.15) is 11.6 Å². The minimum atomic E-state index is -0.337. The summed E-state index contributed by atoms with van der Waals surface area (Å²) in [6, 6.07) is 5.59. The van der Waals surface area contributed by atoms with E-state index in [-0.39, 0.29) is 36.8 Å². The number of halogens is 1. The van der Waals surface area contributed by atoms with Gasteiger partial charge in [0.05, 0.1) is 0 Å². The zero-order valence-corrected chi connectivity index (χ0v) is 13.0. The molecule has 2 unspecified atom stereocenters. The summed E-state index contributed by atoms with van der Waals surface area (Å²) in [4.78, 5) is 16.0. The SMILES string of the molecule is CN(C)CC1CN(C(=O)COc2ccc(F)cc2)CC1CO. The van der Waals surface area contributed by atoms with E-state index in [4.69, 9.17) is 4.74 Å². The third kappa shape index (κ3) is 4.42. The first-order valence-corrected chi connectivity index (χ1v) is 7.41. The van der Waals surface area contributed by atoms with Crippen molar-refractivity contribution in [1.29, 1.82) is 0 Å². The second-order valence-electron chi connectivity index (χ2n) is 6.01. The number of likely N-dealkylation sites (tertiary alicyclic amines) is 1. The summed E-state index contributed by atoms with van der Waals surface area (Å²) in [6.45, 7) is 2.04. The van der Waals surface area contributed by atoms with E-state index in [1.54, 1.807) is 4.90 Å². The van der Waals surface area contributed by atoms with Crippen LogP contribution in [0.5, 0.6) is 5.75 Å². The van der Waals surface area contributed by atoms with Crippen molar-refractivity contribution in [1.82, 2.24) is 9.80 Å². The van der Waals surface area contributed by atoms with E-state index in [0.29, 0.717) is 18.8 Å². The molecule has 122 valence electrons. The Bertz CT molecular complexity index is 493. The van der Waals surface area contributed by atoms with Gasteiger partial charge in [-0.2, -0.15) is 0 Å². The number of benzene rings is 1. The molecule has 0 bridgehead atoms. The molecule has 1 aliphatic rings. The number of rotatable bonds is 6. The number of ether oxygens (including phenoxy) is 1. The van der Waals surface area contributed by atoms with Crippen LogP contribution in [-0.2, 0) is 4.79 Å². The number of carbonyl (C=O) groups is 1. The Morgan fingerprint density at radius 1 is 1.32 bits per heavy atom. The predicted molar refractivity (Wildman–Crippen MR) is 81.1 cm³/mol. The van der Waals surface area contributed by atoms with E-state index in [1.807, 2.05) is 14.1 Å². The molecule has 0 aliphatic carbocycles. The van der Waals surface area contributed by atoms with E-state index in [2.05, 4.69) is 4.90 Å². The molecule has 0 radical (unpaired) electrons. The molecule has 1 aromatic rings. The Morgan fingerprint density at radius 2 is 1.95 bits per heavy atom. The van der Waals surface area contributed by atoms with Crippen molar-refractivity contribution in [3.63, 3.8) is 0 Å². The number of carbonyl (C=O) groups excluding carboxylic acids is 1. The largest absolute Gasteiger partial charge is 0.484 e. The average molecular weight is 310 g/mol. The van der Waals surface area contributed by atoms with E-state index < -0.39 is 0 Å². The zero-order valence-electron chi connectivity index (χ0n) is 13.0. The molecule has 22 heavy (non-hydrogen) atoms. The molecule has 0 aromatic heterocycles. The maximum Gasteiger partial charge on any atom is 0.260 e. The van der Waals surface area contributed by atoms with Crippen LogP contribution < -0.4 is 4.74 Å². The van der Waals surface area contributed by atoms with Gasteiger partial charge in [-0.25, -0.2) is 4.39 Å². The number of hydrogen-bond donors (Lipinski definition) is 1. The normalized spacial score (nSPS) is 21.4. The highest BCUT2D eigenvalue weighted by atomic mass is 19.1. The lowest BCUT2D eigenvalue weighted by Crippen LogP contribution is -2.34. The molecule has 6 heteroatoms. The third-order valence-corrected chi connectivity index (χ3v) is 3.94. The molecule has 1 aliphatic heterocycles. The molecule has 1 N–H and O–H groups in total. The van der Waals surface area contributed by atoms with Crippen LogP contribution in [0.15, 0.2) is 24.3 Å². The van der Waals surface area contributed by atoms with Gasteiger partial charge in [-0.15, -0.1) is 0 Å². The first-order chi connectivity index (χ1) is 10.5. The van der Waals surface area contributed by atoms with Crippen LogP contribution in [0.3, 0.4) is 0 Å². The molecular formula is C16H23FN2O3. The van der Waals surface area contributed by atoms with Crippen LogP contribution in [-0.4, -0.2) is 67.8 Å². The molecule has 1 aromatic carbocycles. The van der Waals surface area contributed by atoms with Crippen molar-refractivity contribution in [2.75, 3.05) is 46.9 Å². The summed E-state index contributed by atoms with van der Waals surface area (Å²) >= 11 is 0. The summed E-state index contributed by atoms with van der Waals surface area (Å²) in [5, 5.41) is 9.46. The topological polar surface area (TPSA) is 53.0 Å². The average Bonchev–Trinajstić information content (AvgIpc) is 2.88. The van der Waals surface area contributed by atoms with Crippen molar-refractivity contribution in [2.45, 2.75) is 0 Å². The highest BCUT2D eigenvalue weighted by molar-refractivity contribution is 5.78. The van der Waals surface area contributed by atoms with E-state index in [0.717, 1.165) is 6.54 Å². The molecule has 1 saturated heterocycles. The van der Waals surface area contributed by atoms with Crippen molar-refractivity contribution in [3.05, 3.63) is 30.1 Å². The maximum absolute atomic E-state index is 12.8. The van der Waals surface area contributed by atoms with Crippen molar-refractivity contribution >= 4 is 5.91 Å². The van der Waals surface area contributed by atoms with E-state index >= 15 is 0 Å². The summed E-state index contributed by atoms with van der Waals surface area (Å²) in [5.74, 6) is 0.406. The lowest BCUT2D eigenvalue weighted by molar-refractivity contribution is -0.132. The van der Waals surface area contributed by atoms with Gasteiger partial charge in [0.15, 0.2) is 6.61 Å². The second-order valence-corrected chi connectivity index (χ2v) is 6.01. The van der Waals surface area contributed by atoms with Gasteiger partial charge < -0.3 is 19.6 Å². The Balaban J connectivity index is 1.86.